The van der Waals surface area contributed by atoms with Crippen LogP contribution >= 0.6 is 0 Å². The number of rotatable bonds is 9. The molecule has 8 nitrogen and oxygen atoms in total. The molecule has 1 fully saturated rings. The number of carbonyl (C=O) groups excluding carboxylic acids is 1. The van der Waals surface area contributed by atoms with Crippen molar-refractivity contribution >= 4 is 26.8 Å². The van der Waals surface area contributed by atoms with E-state index in [1.54, 1.807) is 18.2 Å². The Hall–Kier alpha value is -2.72. The van der Waals surface area contributed by atoms with E-state index in [4.69, 9.17) is 5.73 Å². The molecule has 1 aromatic heterocycles. The predicted octanol–water partition coefficient (Wildman–Crippen LogP) is 2.93. The first-order chi connectivity index (χ1) is 16.7. The number of amides is 1. The van der Waals surface area contributed by atoms with Gasteiger partial charge in [0.2, 0.25) is 10.0 Å². The number of aliphatic hydroxyl groups is 1. The monoisotopic (exact) mass is 498 g/mol. The highest BCUT2D eigenvalue weighted by atomic mass is 32.2. The Bertz CT molecular complexity index is 1290. The van der Waals surface area contributed by atoms with Crippen LogP contribution in [0.15, 0.2) is 42.6 Å². The van der Waals surface area contributed by atoms with Crippen molar-refractivity contribution in [1.29, 1.82) is 0 Å². The molecular weight excluding hydrogens is 464 g/mol. The number of aromatic amines is 1. The lowest BCUT2D eigenvalue weighted by Crippen LogP contribution is -2.38. The van der Waals surface area contributed by atoms with Crippen LogP contribution in [-0.2, 0) is 16.6 Å². The van der Waals surface area contributed by atoms with E-state index < -0.39 is 22.0 Å². The van der Waals surface area contributed by atoms with Crippen LogP contribution in [0.3, 0.4) is 0 Å². The molecule has 5 N–H and O–H groups in total. The van der Waals surface area contributed by atoms with Gasteiger partial charge in [-0.25, -0.2) is 12.7 Å². The molecule has 0 spiro atoms. The largest absolute Gasteiger partial charge is 0.392 e. The van der Waals surface area contributed by atoms with Crippen molar-refractivity contribution in [2.45, 2.75) is 45.3 Å². The predicted molar refractivity (Wildman–Crippen MR) is 139 cm³/mol. The molecule has 4 rings (SSSR count). The van der Waals surface area contributed by atoms with Crippen LogP contribution in [0, 0.1) is 0 Å². The molecule has 3 aromatic rings. The number of hydrogen-bond donors (Lipinski definition) is 4. The lowest BCUT2D eigenvalue weighted by atomic mass is 9.88. The standard InChI is InChI=1S/C26H34N4O4S/c1-3-35(33,34)30-10-8-20(9-11-30)24-16-29-25-22(24)12-21(13-23(25)26(27)32)19-6-4-18(5-7-19)15-28-14-17(2)31/h4-7,12-13,16-17,20,28-29,31H,3,8-11,14-15H2,1-2H3,(H2,27,32)/t17-/m1/s1. The summed E-state index contributed by atoms with van der Waals surface area (Å²) < 4.78 is 26.1. The molecule has 35 heavy (non-hydrogen) atoms. The maximum absolute atomic E-state index is 12.3. The first-order valence-corrected chi connectivity index (χ1v) is 13.7. The van der Waals surface area contributed by atoms with E-state index >= 15 is 0 Å². The Morgan fingerprint density at radius 1 is 1.20 bits per heavy atom. The Morgan fingerprint density at radius 2 is 1.89 bits per heavy atom. The molecule has 0 aliphatic carbocycles. The highest BCUT2D eigenvalue weighted by molar-refractivity contribution is 7.89. The fourth-order valence-electron chi connectivity index (χ4n) is 4.82. The van der Waals surface area contributed by atoms with Gasteiger partial charge in [0.25, 0.3) is 5.91 Å². The molecule has 1 aliphatic rings. The zero-order valence-electron chi connectivity index (χ0n) is 20.3. The van der Waals surface area contributed by atoms with Crippen LogP contribution in [0.1, 0.15) is 54.1 Å². The van der Waals surface area contributed by atoms with Crippen molar-refractivity contribution in [3.05, 3.63) is 59.3 Å². The molecule has 1 saturated heterocycles. The molecule has 1 aliphatic heterocycles. The summed E-state index contributed by atoms with van der Waals surface area (Å²) in [5.74, 6) is -0.177. The number of nitrogens with one attached hydrogen (secondary N) is 2. The third kappa shape index (κ3) is 5.59. The van der Waals surface area contributed by atoms with Gasteiger partial charge in [0.05, 0.1) is 22.9 Å². The first kappa shape index (κ1) is 25.4. The van der Waals surface area contributed by atoms with Gasteiger partial charge >= 0.3 is 0 Å². The van der Waals surface area contributed by atoms with Gasteiger partial charge in [-0.1, -0.05) is 24.3 Å². The van der Waals surface area contributed by atoms with E-state index in [-0.39, 0.29) is 11.7 Å². The summed E-state index contributed by atoms with van der Waals surface area (Å²) in [6.45, 7) is 5.60. The summed E-state index contributed by atoms with van der Waals surface area (Å²) in [4.78, 5) is 15.5. The Morgan fingerprint density at radius 3 is 2.49 bits per heavy atom. The molecule has 1 amide bonds. The molecule has 0 radical (unpaired) electrons. The summed E-state index contributed by atoms with van der Waals surface area (Å²) in [6.07, 6.45) is 3.01. The van der Waals surface area contributed by atoms with Gasteiger partial charge in [0.1, 0.15) is 0 Å². The van der Waals surface area contributed by atoms with Crippen LogP contribution in [-0.4, -0.2) is 60.2 Å². The fourth-order valence-corrected chi connectivity index (χ4v) is 5.95. The average molecular weight is 499 g/mol. The molecule has 1 atom stereocenters. The zero-order valence-corrected chi connectivity index (χ0v) is 21.1. The second-order valence-corrected chi connectivity index (χ2v) is 11.6. The number of nitrogens with zero attached hydrogens (tertiary/aromatic N) is 1. The van der Waals surface area contributed by atoms with E-state index in [0.29, 0.717) is 31.7 Å². The molecule has 0 saturated carbocycles. The quantitative estimate of drug-likeness (QED) is 0.361. The van der Waals surface area contributed by atoms with Gasteiger partial charge in [-0.3, -0.25) is 4.79 Å². The summed E-state index contributed by atoms with van der Waals surface area (Å²) >= 11 is 0. The summed E-state index contributed by atoms with van der Waals surface area (Å²) in [6, 6.07) is 12.0. The molecule has 0 unspecified atom stereocenters. The fraction of sp³-hybridized carbons (Fsp3) is 0.423. The number of carbonyl (C=O) groups is 1. The number of nitrogens with two attached hydrogens (primary N) is 1. The molecule has 2 heterocycles. The first-order valence-electron chi connectivity index (χ1n) is 12.1. The van der Waals surface area contributed by atoms with Crippen molar-refractivity contribution in [2.24, 2.45) is 5.73 Å². The van der Waals surface area contributed by atoms with Crippen molar-refractivity contribution in [1.82, 2.24) is 14.6 Å². The lowest BCUT2D eigenvalue weighted by Gasteiger charge is -2.31. The molecule has 188 valence electrons. The summed E-state index contributed by atoms with van der Waals surface area (Å²) in [5, 5.41) is 13.6. The van der Waals surface area contributed by atoms with Gasteiger partial charge in [-0.15, -0.1) is 0 Å². The number of hydrogen-bond acceptors (Lipinski definition) is 5. The summed E-state index contributed by atoms with van der Waals surface area (Å²) in [7, 11) is -3.18. The maximum Gasteiger partial charge on any atom is 0.250 e. The number of H-pyrrole nitrogens is 1. The SMILES string of the molecule is CCS(=O)(=O)N1CCC(c2c[nH]c3c(C(N)=O)cc(-c4ccc(CNC[C@@H](C)O)cc4)cc23)CC1. The van der Waals surface area contributed by atoms with Gasteiger partial charge < -0.3 is 21.1 Å². The third-order valence-electron chi connectivity index (χ3n) is 6.79. The van der Waals surface area contributed by atoms with Crippen LogP contribution < -0.4 is 11.1 Å². The van der Waals surface area contributed by atoms with Crippen LogP contribution in [0.5, 0.6) is 0 Å². The van der Waals surface area contributed by atoms with E-state index in [2.05, 4.69) is 16.4 Å². The van der Waals surface area contributed by atoms with Gasteiger partial charge in [0, 0.05) is 37.8 Å². The number of benzene rings is 2. The van der Waals surface area contributed by atoms with Gasteiger partial charge in [-0.05, 0) is 67.0 Å². The Balaban J connectivity index is 1.62. The molecule has 0 bridgehead atoms. The van der Waals surface area contributed by atoms with Crippen molar-refractivity contribution in [2.75, 3.05) is 25.4 Å². The van der Waals surface area contributed by atoms with E-state index in [1.807, 2.05) is 36.5 Å². The van der Waals surface area contributed by atoms with Gasteiger partial charge in [-0.2, -0.15) is 0 Å². The number of primary amides is 1. The lowest BCUT2D eigenvalue weighted by molar-refractivity contribution is 0.100. The van der Waals surface area contributed by atoms with Crippen LogP contribution in [0.25, 0.3) is 22.0 Å². The number of aromatic nitrogens is 1. The molecule has 2 aromatic carbocycles. The number of fused-ring (bicyclic) bond motifs is 1. The Kier molecular flexibility index (Phi) is 7.61. The van der Waals surface area contributed by atoms with E-state index in [0.717, 1.165) is 46.0 Å². The van der Waals surface area contributed by atoms with Crippen molar-refractivity contribution in [3.8, 4) is 11.1 Å². The van der Waals surface area contributed by atoms with Crippen molar-refractivity contribution in [3.63, 3.8) is 0 Å². The minimum Gasteiger partial charge on any atom is -0.392 e. The van der Waals surface area contributed by atoms with Crippen LogP contribution in [0.4, 0.5) is 0 Å². The smallest absolute Gasteiger partial charge is 0.250 e. The van der Waals surface area contributed by atoms with Crippen molar-refractivity contribution < 1.29 is 18.3 Å². The molecular formula is C26H34N4O4S. The average Bonchev–Trinajstić information content (AvgIpc) is 3.27. The second-order valence-electron chi connectivity index (χ2n) is 9.31. The minimum absolute atomic E-state index is 0.117. The number of aliphatic hydroxyl groups excluding tert-OH is 1. The second kappa shape index (κ2) is 10.5. The van der Waals surface area contributed by atoms with E-state index in [1.165, 1.54) is 0 Å². The minimum atomic E-state index is -3.18. The summed E-state index contributed by atoms with van der Waals surface area (Å²) in [5.41, 5.74) is 11.0. The Labute approximate surface area is 206 Å². The topological polar surface area (TPSA) is 129 Å². The van der Waals surface area contributed by atoms with E-state index in [9.17, 15) is 18.3 Å². The normalized spacial score (nSPS) is 16.5. The molecule has 9 heteroatoms. The number of sulfonamides is 1. The maximum atomic E-state index is 12.3. The highest BCUT2D eigenvalue weighted by Gasteiger charge is 2.29. The zero-order chi connectivity index (χ0) is 25.2. The highest BCUT2D eigenvalue weighted by Crippen LogP contribution is 2.37. The van der Waals surface area contributed by atoms with Gasteiger partial charge in [0.15, 0.2) is 0 Å². The van der Waals surface area contributed by atoms with Crippen LogP contribution in [0.2, 0.25) is 0 Å². The number of piperidine rings is 1. The third-order valence-corrected chi connectivity index (χ3v) is 8.68.